The molecule has 1 aromatic heterocycles. The average molecular weight is 414 g/mol. The van der Waals surface area contributed by atoms with Crippen LogP contribution in [0.5, 0.6) is 0 Å². The Morgan fingerprint density at radius 3 is 2.50 bits per heavy atom. The normalized spacial score (nSPS) is 14.0. The van der Waals surface area contributed by atoms with Crippen LogP contribution in [0.25, 0.3) is 17.5 Å². The Labute approximate surface area is 172 Å². The number of nitrogens with one attached hydrogen (secondary N) is 1. The summed E-state index contributed by atoms with van der Waals surface area (Å²) in [5.41, 5.74) is 1.03. The summed E-state index contributed by atoms with van der Waals surface area (Å²) >= 11 is 0. The first-order chi connectivity index (χ1) is 14.3. The van der Waals surface area contributed by atoms with Gasteiger partial charge in [0.15, 0.2) is 5.82 Å². The molecule has 11 heteroatoms. The maximum atomic E-state index is 11.9. The fourth-order valence-corrected chi connectivity index (χ4v) is 2.92. The Bertz CT molecular complexity index is 955. The average Bonchev–Trinajstić information content (AvgIpc) is 2.72. The molecule has 0 unspecified atom stereocenters. The van der Waals surface area contributed by atoms with E-state index in [1.807, 2.05) is 19.0 Å². The number of nitro groups is 1. The number of hydrogen-bond acceptors (Lipinski definition) is 8. The van der Waals surface area contributed by atoms with Gasteiger partial charge in [-0.3, -0.25) is 15.4 Å². The Kier molecular flexibility index (Phi) is 6.42. The third-order valence-corrected chi connectivity index (χ3v) is 4.31. The highest BCUT2D eigenvalue weighted by atomic mass is 16.6. The van der Waals surface area contributed by atoms with Gasteiger partial charge in [-0.15, -0.1) is 0 Å². The van der Waals surface area contributed by atoms with Crippen LogP contribution < -0.4 is 10.2 Å². The number of ether oxygens (including phenoxy) is 1. The number of carbonyl (C=O) groups is 1. The van der Waals surface area contributed by atoms with Crippen LogP contribution in [0.1, 0.15) is 5.69 Å². The highest BCUT2D eigenvalue weighted by Crippen LogP contribution is 2.33. The van der Waals surface area contributed by atoms with Crippen molar-refractivity contribution in [1.82, 2.24) is 14.9 Å². The zero-order chi connectivity index (χ0) is 21.7. The number of morpholine rings is 1. The molecule has 0 radical (unpaired) electrons. The van der Waals surface area contributed by atoms with E-state index in [1.54, 1.807) is 41.4 Å². The summed E-state index contributed by atoms with van der Waals surface area (Å²) < 4.78 is 5.36. The van der Waals surface area contributed by atoms with Crippen LogP contribution in [0.2, 0.25) is 0 Å². The molecule has 1 amide bonds. The molecule has 1 fully saturated rings. The third-order valence-electron chi connectivity index (χ3n) is 4.31. The number of rotatable bonds is 6. The molecule has 1 aliphatic rings. The van der Waals surface area contributed by atoms with Crippen molar-refractivity contribution in [3.8, 4) is 11.4 Å². The number of benzene rings is 1. The summed E-state index contributed by atoms with van der Waals surface area (Å²) in [5, 5.41) is 23.0. The van der Waals surface area contributed by atoms with Gasteiger partial charge >= 0.3 is 11.8 Å². The summed E-state index contributed by atoms with van der Waals surface area (Å²) in [6, 6.07) is 6.49. The number of nitrogens with zero attached hydrogens (tertiary/aromatic N) is 5. The van der Waals surface area contributed by atoms with Gasteiger partial charge in [0.2, 0.25) is 5.82 Å². The first-order valence-corrected chi connectivity index (χ1v) is 9.19. The smallest absolute Gasteiger partial charge is 0.409 e. The van der Waals surface area contributed by atoms with Crippen molar-refractivity contribution in [2.45, 2.75) is 0 Å². The Morgan fingerprint density at radius 2 is 1.93 bits per heavy atom. The van der Waals surface area contributed by atoms with E-state index >= 15 is 0 Å². The molecule has 0 spiro atoms. The molecular weight excluding hydrogens is 392 g/mol. The topological polar surface area (TPSA) is 134 Å². The van der Waals surface area contributed by atoms with Crippen LogP contribution in [0.15, 0.2) is 30.5 Å². The molecule has 2 N–H and O–H groups in total. The maximum Gasteiger partial charge on any atom is 0.409 e. The Morgan fingerprint density at radius 1 is 1.27 bits per heavy atom. The van der Waals surface area contributed by atoms with E-state index in [2.05, 4.69) is 15.3 Å². The third kappa shape index (κ3) is 5.00. The summed E-state index contributed by atoms with van der Waals surface area (Å²) in [6.45, 7) is 1.87. The standard InChI is InChI=1S/C19H22N6O5/c1-23(2)8-7-15-16(25(28)29)18(24-9-11-30-12-10-24)22-17(21-15)13-3-5-14(6-4-13)20-19(26)27/h3-8,20H,9-12H2,1-2H3,(H,26,27). The fraction of sp³-hybridized carbons (Fsp3) is 0.316. The molecule has 0 aliphatic carbocycles. The highest BCUT2D eigenvalue weighted by Gasteiger charge is 2.29. The van der Waals surface area contributed by atoms with E-state index in [1.165, 1.54) is 0 Å². The largest absolute Gasteiger partial charge is 0.465 e. The van der Waals surface area contributed by atoms with Crippen molar-refractivity contribution < 1.29 is 19.6 Å². The Balaban J connectivity index is 2.11. The van der Waals surface area contributed by atoms with Gasteiger partial charge < -0.3 is 19.6 Å². The van der Waals surface area contributed by atoms with Crippen molar-refractivity contribution >= 4 is 29.4 Å². The van der Waals surface area contributed by atoms with E-state index < -0.39 is 11.0 Å². The highest BCUT2D eigenvalue weighted by molar-refractivity contribution is 5.83. The van der Waals surface area contributed by atoms with Crippen LogP contribution >= 0.6 is 0 Å². The van der Waals surface area contributed by atoms with Crippen LogP contribution in [0.4, 0.5) is 22.0 Å². The molecule has 3 rings (SSSR count). The van der Waals surface area contributed by atoms with Crippen molar-refractivity contribution in [2.75, 3.05) is 50.6 Å². The van der Waals surface area contributed by atoms with Gasteiger partial charge in [-0.25, -0.2) is 14.8 Å². The van der Waals surface area contributed by atoms with Crippen molar-refractivity contribution in [1.29, 1.82) is 0 Å². The van der Waals surface area contributed by atoms with E-state index in [9.17, 15) is 14.9 Å². The van der Waals surface area contributed by atoms with E-state index in [-0.39, 0.29) is 17.2 Å². The maximum absolute atomic E-state index is 11.9. The van der Waals surface area contributed by atoms with Crippen LogP contribution in [-0.2, 0) is 4.74 Å². The van der Waals surface area contributed by atoms with Gasteiger partial charge in [0.05, 0.1) is 18.1 Å². The predicted molar refractivity (Wildman–Crippen MR) is 112 cm³/mol. The number of hydrogen-bond donors (Lipinski definition) is 2. The summed E-state index contributed by atoms with van der Waals surface area (Å²) in [6.07, 6.45) is 2.09. The minimum atomic E-state index is -1.17. The van der Waals surface area contributed by atoms with Gasteiger partial charge in [-0.2, -0.15) is 0 Å². The monoisotopic (exact) mass is 414 g/mol. The van der Waals surface area contributed by atoms with Crippen molar-refractivity contribution in [3.05, 3.63) is 46.3 Å². The van der Waals surface area contributed by atoms with E-state index in [0.29, 0.717) is 43.4 Å². The molecule has 30 heavy (non-hydrogen) atoms. The predicted octanol–water partition coefficient (Wildman–Crippen LogP) is 2.51. The first-order valence-electron chi connectivity index (χ1n) is 9.19. The van der Waals surface area contributed by atoms with Gasteiger partial charge in [-0.1, -0.05) is 0 Å². The molecule has 1 saturated heterocycles. The van der Waals surface area contributed by atoms with Crippen molar-refractivity contribution in [2.24, 2.45) is 0 Å². The van der Waals surface area contributed by atoms with E-state index in [0.717, 1.165) is 0 Å². The molecule has 2 aromatic rings. The zero-order valence-electron chi connectivity index (χ0n) is 16.6. The first kappa shape index (κ1) is 21.0. The second kappa shape index (κ2) is 9.18. The number of aromatic nitrogens is 2. The summed E-state index contributed by atoms with van der Waals surface area (Å²) in [7, 11) is 3.61. The van der Waals surface area contributed by atoms with Crippen LogP contribution in [0, 0.1) is 10.1 Å². The molecule has 1 aliphatic heterocycles. The molecule has 2 heterocycles. The lowest BCUT2D eigenvalue weighted by Crippen LogP contribution is -2.37. The van der Waals surface area contributed by atoms with Crippen LogP contribution in [0.3, 0.4) is 0 Å². The molecule has 0 bridgehead atoms. The number of carboxylic acid groups (broad SMARTS) is 1. The quantitative estimate of drug-likeness (QED) is 0.540. The SMILES string of the molecule is CN(C)C=Cc1nc(-c2ccc(NC(=O)O)cc2)nc(N2CCOCC2)c1[N+](=O)[O-]. The van der Waals surface area contributed by atoms with Gasteiger partial charge in [0, 0.05) is 44.6 Å². The second-order valence-electron chi connectivity index (χ2n) is 6.75. The molecular formula is C19H22N6O5. The summed E-state index contributed by atoms with van der Waals surface area (Å²) in [4.78, 5) is 34.7. The van der Waals surface area contributed by atoms with Gasteiger partial charge in [0.25, 0.3) is 0 Å². The molecule has 0 atom stereocenters. The molecule has 1 aromatic carbocycles. The molecule has 11 nitrogen and oxygen atoms in total. The minimum Gasteiger partial charge on any atom is -0.465 e. The second-order valence-corrected chi connectivity index (χ2v) is 6.75. The lowest BCUT2D eigenvalue weighted by molar-refractivity contribution is -0.384. The lowest BCUT2D eigenvalue weighted by atomic mass is 10.1. The minimum absolute atomic E-state index is 0.164. The molecule has 0 saturated carbocycles. The number of amides is 1. The van der Waals surface area contributed by atoms with Crippen molar-refractivity contribution in [3.63, 3.8) is 0 Å². The molecule has 158 valence electrons. The fourth-order valence-electron chi connectivity index (χ4n) is 2.92. The lowest BCUT2D eigenvalue weighted by Gasteiger charge is -2.27. The van der Waals surface area contributed by atoms with E-state index in [4.69, 9.17) is 9.84 Å². The van der Waals surface area contributed by atoms with Gasteiger partial charge in [0.1, 0.15) is 5.69 Å². The summed E-state index contributed by atoms with van der Waals surface area (Å²) in [5.74, 6) is 0.543. The zero-order valence-corrected chi connectivity index (χ0v) is 16.6. The Hall–Kier alpha value is -3.73. The van der Waals surface area contributed by atoms with Gasteiger partial charge in [-0.05, 0) is 30.3 Å². The van der Waals surface area contributed by atoms with Crippen LogP contribution in [-0.4, -0.2) is 71.4 Å². The number of anilines is 2.